The number of ether oxygens (including phenoxy) is 3. The zero-order chi connectivity index (χ0) is 49.3. The first-order chi connectivity index (χ1) is 33.5. The van der Waals surface area contributed by atoms with Crippen molar-refractivity contribution in [1.29, 1.82) is 0 Å². The van der Waals surface area contributed by atoms with E-state index in [0.29, 0.717) is 19.3 Å². The molecule has 0 N–H and O–H groups in total. The molecule has 1 atom stereocenters. The summed E-state index contributed by atoms with van der Waals surface area (Å²) in [4.78, 5) is 38.1. The zero-order valence-electron chi connectivity index (χ0n) is 44.9. The van der Waals surface area contributed by atoms with Crippen LogP contribution in [0.25, 0.3) is 0 Å². The Hall–Kier alpha value is -3.15. The van der Waals surface area contributed by atoms with E-state index in [1.165, 1.54) is 167 Å². The average Bonchev–Trinajstić information content (AvgIpc) is 3.34. The van der Waals surface area contributed by atoms with Gasteiger partial charge in [-0.25, -0.2) is 0 Å². The minimum atomic E-state index is -0.808. The predicted molar refractivity (Wildman–Crippen MR) is 293 cm³/mol. The van der Waals surface area contributed by atoms with Crippen LogP contribution in [0.1, 0.15) is 284 Å². The highest BCUT2D eigenvalue weighted by molar-refractivity contribution is 5.71. The van der Waals surface area contributed by atoms with Crippen LogP contribution in [-0.4, -0.2) is 37.2 Å². The number of unbranched alkanes of at least 4 members (excludes halogenated alkanes) is 31. The molecule has 0 spiro atoms. The molecule has 0 fully saturated rings. The Labute approximate surface area is 421 Å². The number of rotatable bonds is 52. The molecular formula is C62H108O6. The highest BCUT2D eigenvalue weighted by Gasteiger charge is 2.19. The Balaban J connectivity index is 4.43. The van der Waals surface area contributed by atoms with Gasteiger partial charge in [-0.1, -0.05) is 248 Å². The van der Waals surface area contributed by atoms with Gasteiger partial charge >= 0.3 is 17.9 Å². The summed E-state index contributed by atoms with van der Waals surface area (Å²) in [5, 5.41) is 0. The minimum absolute atomic E-state index is 0.100. The molecule has 392 valence electrons. The second-order valence-electron chi connectivity index (χ2n) is 19.3. The number of esters is 3. The minimum Gasteiger partial charge on any atom is -0.462 e. The summed E-state index contributed by atoms with van der Waals surface area (Å²) in [7, 11) is 0. The highest BCUT2D eigenvalue weighted by Crippen LogP contribution is 2.15. The number of hydrogen-bond acceptors (Lipinski definition) is 6. The molecule has 1 unspecified atom stereocenters. The maximum Gasteiger partial charge on any atom is 0.306 e. The van der Waals surface area contributed by atoms with Crippen LogP contribution in [-0.2, 0) is 28.6 Å². The average molecular weight is 950 g/mol. The Morgan fingerprint density at radius 2 is 0.603 bits per heavy atom. The first-order valence-corrected chi connectivity index (χ1v) is 29.0. The number of hydrogen-bond donors (Lipinski definition) is 0. The van der Waals surface area contributed by atoms with Gasteiger partial charge in [-0.2, -0.15) is 0 Å². The number of carbonyl (C=O) groups is 3. The lowest BCUT2D eigenvalue weighted by Crippen LogP contribution is -2.30. The smallest absolute Gasteiger partial charge is 0.306 e. The summed E-state index contributed by atoms with van der Waals surface area (Å²) in [5.41, 5.74) is 0. The third kappa shape index (κ3) is 53.8. The second-order valence-corrected chi connectivity index (χ2v) is 19.3. The third-order valence-corrected chi connectivity index (χ3v) is 12.5. The van der Waals surface area contributed by atoms with Gasteiger partial charge in [0.25, 0.3) is 0 Å². The fraction of sp³-hybridized carbons (Fsp3) is 0.758. The van der Waals surface area contributed by atoms with Crippen LogP contribution in [0, 0.1) is 0 Å². The summed E-state index contributed by atoms with van der Waals surface area (Å²) < 4.78 is 16.8. The monoisotopic (exact) mass is 949 g/mol. The molecule has 0 aromatic rings. The van der Waals surface area contributed by atoms with E-state index in [2.05, 4.69) is 87.6 Å². The van der Waals surface area contributed by atoms with Crippen LogP contribution in [0.3, 0.4) is 0 Å². The van der Waals surface area contributed by atoms with Gasteiger partial charge in [0, 0.05) is 19.3 Å². The van der Waals surface area contributed by atoms with E-state index < -0.39 is 6.10 Å². The van der Waals surface area contributed by atoms with Crippen LogP contribution < -0.4 is 0 Å². The van der Waals surface area contributed by atoms with Crippen LogP contribution in [0.5, 0.6) is 0 Å². The van der Waals surface area contributed by atoms with Crippen LogP contribution >= 0.6 is 0 Å². The number of carbonyl (C=O) groups excluding carboxylic acids is 3. The summed E-state index contributed by atoms with van der Waals surface area (Å²) in [5.74, 6) is -0.982. The van der Waals surface area contributed by atoms with E-state index in [1.54, 1.807) is 0 Å². The molecule has 0 bridgehead atoms. The Morgan fingerprint density at radius 1 is 0.309 bits per heavy atom. The molecule has 0 aliphatic carbocycles. The van der Waals surface area contributed by atoms with E-state index in [1.807, 2.05) is 6.08 Å². The first-order valence-electron chi connectivity index (χ1n) is 29.0. The summed E-state index contributed by atoms with van der Waals surface area (Å²) >= 11 is 0. The van der Waals surface area contributed by atoms with Crippen molar-refractivity contribution in [3.63, 3.8) is 0 Å². The van der Waals surface area contributed by atoms with Crippen molar-refractivity contribution in [2.45, 2.75) is 290 Å². The molecule has 68 heavy (non-hydrogen) atoms. The molecule has 0 rings (SSSR count). The van der Waals surface area contributed by atoms with Gasteiger partial charge in [-0.15, -0.1) is 0 Å². The van der Waals surface area contributed by atoms with Crippen molar-refractivity contribution >= 4 is 17.9 Å². The topological polar surface area (TPSA) is 78.9 Å². The lowest BCUT2D eigenvalue weighted by atomic mass is 10.1. The second kappa shape index (κ2) is 56.4. The Kier molecular flexibility index (Phi) is 53.8. The van der Waals surface area contributed by atoms with Crippen molar-refractivity contribution in [2.75, 3.05) is 13.2 Å². The fourth-order valence-corrected chi connectivity index (χ4v) is 8.07. The molecule has 0 saturated carbocycles. The molecule has 6 nitrogen and oxygen atoms in total. The van der Waals surface area contributed by atoms with Gasteiger partial charge in [0.1, 0.15) is 13.2 Å². The van der Waals surface area contributed by atoms with Crippen molar-refractivity contribution in [2.24, 2.45) is 0 Å². The number of allylic oxidation sites excluding steroid dienone is 12. The lowest BCUT2D eigenvalue weighted by molar-refractivity contribution is -0.166. The fourth-order valence-electron chi connectivity index (χ4n) is 8.07. The zero-order valence-corrected chi connectivity index (χ0v) is 44.9. The predicted octanol–water partition coefficient (Wildman–Crippen LogP) is 19.4. The molecule has 0 amide bonds. The third-order valence-electron chi connectivity index (χ3n) is 12.5. The van der Waals surface area contributed by atoms with Crippen LogP contribution in [0.4, 0.5) is 0 Å². The van der Waals surface area contributed by atoms with E-state index >= 15 is 0 Å². The molecule has 0 aromatic carbocycles. The molecule has 0 radical (unpaired) electrons. The molecule has 0 aliphatic heterocycles. The van der Waals surface area contributed by atoms with Gasteiger partial charge in [-0.3, -0.25) is 14.4 Å². The van der Waals surface area contributed by atoms with Crippen LogP contribution in [0.15, 0.2) is 72.9 Å². The van der Waals surface area contributed by atoms with Gasteiger partial charge in [0.2, 0.25) is 0 Å². The van der Waals surface area contributed by atoms with Crippen molar-refractivity contribution < 1.29 is 28.6 Å². The maximum atomic E-state index is 12.8. The molecule has 6 heteroatoms. The highest BCUT2D eigenvalue weighted by atomic mass is 16.6. The molecule has 0 heterocycles. The maximum absolute atomic E-state index is 12.8. The van der Waals surface area contributed by atoms with Crippen molar-refractivity contribution in [3.8, 4) is 0 Å². The normalized spacial score (nSPS) is 12.6. The van der Waals surface area contributed by atoms with Gasteiger partial charge < -0.3 is 14.2 Å². The molecule has 0 aromatic heterocycles. The SMILES string of the molecule is CCCCC/C=C/C=C/CCCCCCCCCCCCC(=O)OCC(COC(=O)CC/C=C/C/C=C/CCCCCCCC)OC(=O)CCCCCCC/C=C/C=C/CCCCCCCCC. The van der Waals surface area contributed by atoms with Gasteiger partial charge in [0.15, 0.2) is 6.10 Å². The largest absolute Gasteiger partial charge is 0.462 e. The first kappa shape index (κ1) is 64.8. The van der Waals surface area contributed by atoms with Gasteiger partial charge in [-0.05, 0) is 89.9 Å². The van der Waals surface area contributed by atoms with E-state index in [0.717, 1.165) is 70.6 Å². The molecular weight excluding hydrogens is 841 g/mol. The van der Waals surface area contributed by atoms with E-state index in [4.69, 9.17) is 14.2 Å². The summed E-state index contributed by atoms with van der Waals surface area (Å²) in [6, 6.07) is 0. The molecule has 0 aliphatic rings. The van der Waals surface area contributed by atoms with E-state index in [-0.39, 0.29) is 37.5 Å². The van der Waals surface area contributed by atoms with E-state index in [9.17, 15) is 14.4 Å². The summed E-state index contributed by atoms with van der Waals surface area (Å²) in [6.45, 7) is 6.55. The summed E-state index contributed by atoms with van der Waals surface area (Å²) in [6.07, 6.45) is 71.9. The molecule has 0 saturated heterocycles. The standard InChI is InChI=1S/C62H108O6/c1-4-7-10-13-16-19-22-25-27-29-31-33-34-37-40-43-46-49-52-55-61(64)67-58-59(57-66-60(63)54-51-48-45-42-39-36-24-21-18-15-12-9-6-3)68-62(65)56-53-50-47-44-41-38-35-32-30-28-26-23-20-17-14-11-8-5-2/h16,19,22,25,28,30,32,35-36,39,45,48,59H,4-15,17-18,20-21,23-24,26-27,29,31,33-34,37-38,40-44,46-47,49-58H2,1-3H3/b19-16+,25-22+,30-28+,35-32+,39-36+,48-45+. The van der Waals surface area contributed by atoms with Gasteiger partial charge in [0.05, 0.1) is 0 Å². The lowest BCUT2D eigenvalue weighted by Gasteiger charge is -2.18. The van der Waals surface area contributed by atoms with Crippen molar-refractivity contribution in [3.05, 3.63) is 72.9 Å². The van der Waals surface area contributed by atoms with Crippen LogP contribution in [0.2, 0.25) is 0 Å². The Morgan fingerprint density at radius 3 is 1.01 bits per heavy atom. The quantitative estimate of drug-likeness (QED) is 0.0199. The Bertz CT molecular complexity index is 1270. The van der Waals surface area contributed by atoms with Crippen molar-refractivity contribution in [1.82, 2.24) is 0 Å².